The number of aliphatic hydroxyl groups is 1. The molecule has 1 heterocycles. The minimum atomic E-state index is -0.617. The third kappa shape index (κ3) is 2.01. The predicted octanol–water partition coefficient (Wildman–Crippen LogP) is 1.33. The molecule has 1 aromatic heterocycles. The van der Waals surface area contributed by atoms with Crippen LogP contribution in [-0.2, 0) is 6.42 Å². The molecule has 0 fully saturated rings. The number of nitrogens with one attached hydrogen (secondary N) is 1. The van der Waals surface area contributed by atoms with Gasteiger partial charge in [0.2, 0.25) is 0 Å². The molecular weight excluding hydrogens is 223 g/mol. The van der Waals surface area contributed by atoms with Crippen molar-refractivity contribution in [3.63, 3.8) is 0 Å². The molecule has 4 nitrogen and oxygen atoms in total. The first kappa shape index (κ1) is 11.6. The number of halogens is 1. The molecule has 90 valence electrons. The maximum atomic E-state index is 13.7. The second-order valence-corrected chi connectivity index (χ2v) is 3.83. The van der Waals surface area contributed by atoms with Crippen molar-refractivity contribution in [3.8, 4) is 0 Å². The summed E-state index contributed by atoms with van der Waals surface area (Å²) < 4.78 is 13.7. The van der Waals surface area contributed by atoms with Crippen LogP contribution in [0.5, 0.6) is 0 Å². The summed E-state index contributed by atoms with van der Waals surface area (Å²) in [6, 6.07) is 4.59. The van der Waals surface area contributed by atoms with Crippen molar-refractivity contribution < 1.29 is 14.3 Å². The van der Waals surface area contributed by atoms with E-state index in [-0.39, 0.29) is 18.1 Å². The van der Waals surface area contributed by atoms with E-state index in [2.05, 4.69) is 4.98 Å². The second-order valence-electron chi connectivity index (χ2n) is 3.83. The van der Waals surface area contributed by atoms with E-state index in [1.165, 1.54) is 6.07 Å². The zero-order chi connectivity index (χ0) is 12.4. The molecule has 17 heavy (non-hydrogen) atoms. The zero-order valence-electron chi connectivity index (χ0n) is 9.16. The number of benzene rings is 1. The van der Waals surface area contributed by atoms with Gasteiger partial charge in [-0.15, -0.1) is 0 Å². The van der Waals surface area contributed by atoms with Gasteiger partial charge in [-0.3, -0.25) is 4.79 Å². The molecule has 0 saturated heterocycles. The Hall–Kier alpha value is -1.88. The van der Waals surface area contributed by atoms with Crippen molar-refractivity contribution in [3.05, 3.63) is 35.3 Å². The van der Waals surface area contributed by atoms with Crippen LogP contribution >= 0.6 is 0 Å². The van der Waals surface area contributed by atoms with Gasteiger partial charge < -0.3 is 15.8 Å². The number of carbonyl (C=O) groups excluding carboxylic acids is 1. The molecule has 4 N–H and O–H groups in total. The highest BCUT2D eigenvalue weighted by molar-refractivity contribution is 6.00. The number of H-pyrrole nitrogens is 1. The van der Waals surface area contributed by atoms with Gasteiger partial charge in [-0.05, 0) is 30.5 Å². The molecule has 5 heteroatoms. The van der Waals surface area contributed by atoms with Crippen molar-refractivity contribution in [1.82, 2.24) is 4.98 Å². The van der Waals surface area contributed by atoms with Crippen molar-refractivity contribution in [2.45, 2.75) is 12.8 Å². The number of rotatable bonds is 4. The number of nitrogens with two attached hydrogens (primary N) is 1. The topological polar surface area (TPSA) is 79.1 Å². The molecule has 0 radical (unpaired) electrons. The van der Waals surface area contributed by atoms with Crippen LogP contribution in [0.15, 0.2) is 18.2 Å². The van der Waals surface area contributed by atoms with E-state index in [0.717, 1.165) is 0 Å². The molecular formula is C12H13FN2O2. The molecule has 0 saturated carbocycles. The average Bonchev–Trinajstić information content (AvgIpc) is 2.66. The molecule has 2 rings (SSSR count). The number of aromatic amines is 1. The Morgan fingerprint density at radius 3 is 2.88 bits per heavy atom. The molecule has 1 aromatic carbocycles. The summed E-state index contributed by atoms with van der Waals surface area (Å²) in [6.45, 7) is -0.0146. The summed E-state index contributed by atoms with van der Waals surface area (Å²) in [7, 11) is 0. The SMILES string of the molecule is NC(=O)c1[nH]c2cccc(F)c2c1CCCO. The number of primary amides is 1. The smallest absolute Gasteiger partial charge is 0.265 e. The maximum absolute atomic E-state index is 13.7. The quantitative estimate of drug-likeness (QED) is 0.748. The van der Waals surface area contributed by atoms with Gasteiger partial charge in [-0.2, -0.15) is 0 Å². The summed E-state index contributed by atoms with van der Waals surface area (Å²) >= 11 is 0. The van der Waals surface area contributed by atoms with Gasteiger partial charge in [0.25, 0.3) is 5.91 Å². The monoisotopic (exact) mass is 236 g/mol. The van der Waals surface area contributed by atoms with E-state index >= 15 is 0 Å². The first-order chi connectivity index (χ1) is 8.15. The normalized spacial score (nSPS) is 10.9. The van der Waals surface area contributed by atoms with E-state index < -0.39 is 5.91 Å². The van der Waals surface area contributed by atoms with E-state index in [1.807, 2.05) is 0 Å². The van der Waals surface area contributed by atoms with Gasteiger partial charge >= 0.3 is 0 Å². The Bertz CT molecular complexity index is 563. The van der Waals surface area contributed by atoms with Crippen LogP contribution in [-0.4, -0.2) is 22.6 Å². The number of carbonyl (C=O) groups is 1. The molecule has 0 spiro atoms. The minimum Gasteiger partial charge on any atom is -0.396 e. The first-order valence-corrected chi connectivity index (χ1v) is 5.35. The van der Waals surface area contributed by atoms with Crippen LogP contribution in [0.3, 0.4) is 0 Å². The fourth-order valence-corrected chi connectivity index (χ4v) is 1.99. The molecule has 0 aliphatic carbocycles. The van der Waals surface area contributed by atoms with Gasteiger partial charge in [0.15, 0.2) is 0 Å². The summed E-state index contributed by atoms with van der Waals surface area (Å²) in [5.74, 6) is -1.01. The number of hydrogen-bond acceptors (Lipinski definition) is 2. The summed E-state index contributed by atoms with van der Waals surface area (Å²) in [6.07, 6.45) is 0.872. The van der Waals surface area contributed by atoms with Crippen molar-refractivity contribution in [1.29, 1.82) is 0 Å². The molecule has 0 aliphatic rings. The lowest BCUT2D eigenvalue weighted by Gasteiger charge is -2.01. The van der Waals surface area contributed by atoms with E-state index in [4.69, 9.17) is 10.8 Å². The molecule has 0 unspecified atom stereocenters. The van der Waals surface area contributed by atoms with Crippen LogP contribution < -0.4 is 5.73 Å². The van der Waals surface area contributed by atoms with Crippen molar-refractivity contribution >= 4 is 16.8 Å². The highest BCUT2D eigenvalue weighted by Crippen LogP contribution is 2.26. The zero-order valence-corrected chi connectivity index (χ0v) is 9.16. The highest BCUT2D eigenvalue weighted by atomic mass is 19.1. The molecule has 0 bridgehead atoms. The Morgan fingerprint density at radius 1 is 1.47 bits per heavy atom. The van der Waals surface area contributed by atoms with E-state index in [1.54, 1.807) is 12.1 Å². The van der Waals surface area contributed by atoms with Crippen LogP contribution in [0.4, 0.5) is 4.39 Å². The number of aromatic nitrogens is 1. The van der Waals surface area contributed by atoms with Crippen LogP contribution in [0.25, 0.3) is 10.9 Å². The lowest BCUT2D eigenvalue weighted by atomic mass is 10.0. The third-order valence-electron chi connectivity index (χ3n) is 2.71. The van der Waals surface area contributed by atoms with Gasteiger partial charge in [0.05, 0.1) is 0 Å². The summed E-state index contributed by atoms with van der Waals surface area (Å²) in [4.78, 5) is 14.1. The summed E-state index contributed by atoms with van der Waals surface area (Å²) in [5.41, 5.74) is 6.56. The molecule has 2 aromatic rings. The fraction of sp³-hybridized carbons (Fsp3) is 0.250. The highest BCUT2D eigenvalue weighted by Gasteiger charge is 2.17. The first-order valence-electron chi connectivity index (χ1n) is 5.35. The van der Waals surface area contributed by atoms with Crippen molar-refractivity contribution in [2.75, 3.05) is 6.61 Å². The summed E-state index contributed by atoms with van der Waals surface area (Å²) in [5, 5.41) is 9.20. The van der Waals surface area contributed by atoms with Gasteiger partial charge in [0, 0.05) is 17.5 Å². The number of aliphatic hydroxyl groups excluding tert-OH is 1. The van der Waals surface area contributed by atoms with Crippen LogP contribution in [0.1, 0.15) is 22.5 Å². The number of aryl methyl sites for hydroxylation is 1. The van der Waals surface area contributed by atoms with Crippen molar-refractivity contribution in [2.24, 2.45) is 5.73 Å². The number of hydrogen-bond donors (Lipinski definition) is 3. The predicted molar refractivity (Wildman–Crippen MR) is 62.2 cm³/mol. The Morgan fingerprint density at radius 2 is 2.24 bits per heavy atom. The lowest BCUT2D eigenvalue weighted by Crippen LogP contribution is -2.13. The van der Waals surface area contributed by atoms with E-state index in [9.17, 15) is 9.18 Å². The fourth-order valence-electron chi connectivity index (χ4n) is 1.99. The largest absolute Gasteiger partial charge is 0.396 e. The molecule has 0 aliphatic heterocycles. The Kier molecular flexibility index (Phi) is 3.10. The van der Waals surface area contributed by atoms with Crippen LogP contribution in [0.2, 0.25) is 0 Å². The van der Waals surface area contributed by atoms with Gasteiger partial charge in [-0.25, -0.2) is 4.39 Å². The van der Waals surface area contributed by atoms with E-state index in [0.29, 0.717) is 29.3 Å². The Labute approximate surface area is 97.2 Å². The lowest BCUT2D eigenvalue weighted by molar-refractivity contribution is 0.0995. The number of fused-ring (bicyclic) bond motifs is 1. The van der Waals surface area contributed by atoms with Crippen LogP contribution in [0, 0.1) is 5.82 Å². The second kappa shape index (κ2) is 4.55. The molecule has 0 atom stereocenters. The average molecular weight is 236 g/mol. The Balaban J connectivity index is 2.64. The maximum Gasteiger partial charge on any atom is 0.265 e. The minimum absolute atomic E-state index is 0.0146. The van der Waals surface area contributed by atoms with Gasteiger partial charge in [-0.1, -0.05) is 6.07 Å². The van der Waals surface area contributed by atoms with Gasteiger partial charge in [0.1, 0.15) is 11.5 Å². The standard InChI is InChI=1S/C12H13FN2O2/c13-8-4-1-5-9-10(8)7(3-2-6-16)11(15-9)12(14)17/h1,4-5,15-16H,2-3,6H2,(H2,14,17). The molecule has 1 amide bonds. The number of amides is 1. The third-order valence-corrected chi connectivity index (χ3v) is 2.71.